The summed E-state index contributed by atoms with van der Waals surface area (Å²) in [4.78, 5) is 8.73. The zero-order valence-electron chi connectivity index (χ0n) is 11.1. The summed E-state index contributed by atoms with van der Waals surface area (Å²) in [7, 11) is 0. The van der Waals surface area contributed by atoms with Crippen LogP contribution in [0, 0.1) is 13.8 Å². The third kappa shape index (κ3) is 3.07. The minimum atomic E-state index is 0.498. The van der Waals surface area contributed by atoms with Gasteiger partial charge in [0, 0.05) is 16.5 Å². The van der Waals surface area contributed by atoms with E-state index in [0.29, 0.717) is 5.15 Å². The number of halogens is 2. The highest BCUT2D eigenvalue weighted by atomic mass is 79.9. The van der Waals surface area contributed by atoms with Crippen molar-refractivity contribution in [2.24, 2.45) is 0 Å². The van der Waals surface area contributed by atoms with Gasteiger partial charge in [-0.15, -0.1) is 0 Å². The predicted molar refractivity (Wildman–Crippen MR) is 83.3 cm³/mol. The Morgan fingerprint density at radius 2 is 2.00 bits per heavy atom. The first kappa shape index (κ1) is 14.3. The Morgan fingerprint density at radius 1 is 1.26 bits per heavy atom. The van der Waals surface area contributed by atoms with Crippen molar-refractivity contribution < 1.29 is 0 Å². The second kappa shape index (κ2) is 5.88. The summed E-state index contributed by atoms with van der Waals surface area (Å²) in [6, 6.07) is 6.05. The fraction of sp³-hybridized carbons (Fsp3) is 0.286. The molecule has 1 N–H and O–H groups in total. The molecule has 3 nitrogen and oxygen atoms in total. The molecule has 0 atom stereocenters. The van der Waals surface area contributed by atoms with Gasteiger partial charge in [-0.2, -0.15) is 0 Å². The summed E-state index contributed by atoms with van der Waals surface area (Å²) >= 11 is 9.71. The van der Waals surface area contributed by atoms with Gasteiger partial charge < -0.3 is 5.32 Å². The number of rotatable bonds is 3. The molecule has 0 fully saturated rings. The Bertz CT molecular complexity index is 614. The molecule has 1 aromatic carbocycles. The summed E-state index contributed by atoms with van der Waals surface area (Å²) in [6.07, 6.45) is 0.754. The molecule has 0 saturated heterocycles. The molecule has 100 valence electrons. The summed E-state index contributed by atoms with van der Waals surface area (Å²) in [5.74, 6) is 1.49. The van der Waals surface area contributed by atoms with Gasteiger partial charge in [-0.1, -0.05) is 30.7 Å². The van der Waals surface area contributed by atoms with Crippen LogP contribution in [-0.2, 0) is 6.42 Å². The monoisotopic (exact) mass is 339 g/mol. The maximum atomic E-state index is 6.13. The second-order valence-electron chi connectivity index (χ2n) is 4.32. The lowest BCUT2D eigenvalue weighted by Crippen LogP contribution is -2.03. The molecule has 0 radical (unpaired) electrons. The molecule has 1 heterocycles. The first-order chi connectivity index (χ1) is 9.02. The zero-order valence-corrected chi connectivity index (χ0v) is 13.4. The van der Waals surface area contributed by atoms with Crippen LogP contribution in [-0.4, -0.2) is 9.97 Å². The first-order valence-electron chi connectivity index (χ1n) is 6.08. The molecule has 1 aromatic heterocycles. The van der Waals surface area contributed by atoms with Gasteiger partial charge in [0.25, 0.3) is 0 Å². The van der Waals surface area contributed by atoms with Crippen molar-refractivity contribution >= 4 is 39.0 Å². The maximum absolute atomic E-state index is 6.13. The average Bonchev–Trinajstić information content (AvgIpc) is 2.39. The predicted octanol–water partition coefficient (Wildman–Crippen LogP) is 4.82. The van der Waals surface area contributed by atoms with Crippen molar-refractivity contribution in [1.82, 2.24) is 9.97 Å². The topological polar surface area (TPSA) is 37.8 Å². The van der Waals surface area contributed by atoms with E-state index < -0.39 is 0 Å². The third-order valence-electron chi connectivity index (χ3n) is 2.89. The zero-order chi connectivity index (χ0) is 14.0. The Hall–Kier alpha value is -1.13. The molecule has 0 amide bonds. The molecule has 0 unspecified atom stereocenters. The SMILES string of the molecule is CCc1nc(Cl)c(C)c(Nc2cccc(C)c2Br)n1. The number of benzene rings is 1. The molecule has 0 spiro atoms. The van der Waals surface area contributed by atoms with Crippen LogP contribution < -0.4 is 5.32 Å². The number of hydrogen-bond acceptors (Lipinski definition) is 3. The molecule has 19 heavy (non-hydrogen) atoms. The smallest absolute Gasteiger partial charge is 0.138 e. The van der Waals surface area contributed by atoms with Crippen LogP contribution in [0.25, 0.3) is 0 Å². The maximum Gasteiger partial charge on any atom is 0.138 e. The van der Waals surface area contributed by atoms with Gasteiger partial charge >= 0.3 is 0 Å². The van der Waals surface area contributed by atoms with Crippen LogP contribution in [0.4, 0.5) is 11.5 Å². The van der Waals surface area contributed by atoms with Crippen molar-refractivity contribution in [3.05, 3.63) is 44.8 Å². The Morgan fingerprint density at radius 3 is 2.68 bits per heavy atom. The molecule has 0 aliphatic rings. The van der Waals surface area contributed by atoms with E-state index in [1.54, 1.807) is 0 Å². The number of nitrogens with one attached hydrogen (secondary N) is 1. The van der Waals surface area contributed by atoms with Gasteiger partial charge in [0.2, 0.25) is 0 Å². The van der Waals surface area contributed by atoms with Crippen molar-refractivity contribution in [2.75, 3.05) is 5.32 Å². The lowest BCUT2D eigenvalue weighted by molar-refractivity contribution is 0.934. The summed E-state index contributed by atoms with van der Waals surface area (Å²) in [5.41, 5.74) is 2.99. The summed E-state index contributed by atoms with van der Waals surface area (Å²) in [5, 5.41) is 3.81. The number of nitrogens with zero attached hydrogens (tertiary/aromatic N) is 2. The molecular formula is C14H15BrClN3. The van der Waals surface area contributed by atoms with Crippen molar-refractivity contribution in [3.8, 4) is 0 Å². The quantitative estimate of drug-likeness (QED) is 0.814. The van der Waals surface area contributed by atoms with Crippen molar-refractivity contribution in [3.63, 3.8) is 0 Å². The number of hydrogen-bond donors (Lipinski definition) is 1. The van der Waals surface area contributed by atoms with Gasteiger partial charge in [0.15, 0.2) is 0 Å². The molecule has 0 aliphatic heterocycles. The highest BCUT2D eigenvalue weighted by Gasteiger charge is 2.10. The van der Waals surface area contributed by atoms with E-state index in [2.05, 4.69) is 31.2 Å². The van der Waals surface area contributed by atoms with Crippen LogP contribution in [0.15, 0.2) is 22.7 Å². The van der Waals surface area contributed by atoms with Gasteiger partial charge in [0.1, 0.15) is 16.8 Å². The largest absolute Gasteiger partial charge is 0.339 e. The van der Waals surface area contributed by atoms with Crippen molar-refractivity contribution in [2.45, 2.75) is 27.2 Å². The lowest BCUT2D eigenvalue weighted by Gasteiger charge is -2.13. The minimum Gasteiger partial charge on any atom is -0.339 e. The normalized spacial score (nSPS) is 10.6. The molecule has 0 aliphatic carbocycles. The molecular weight excluding hydrogens is 326 g/mol. The highest BCUT2D eigenvalue weighted by Crippen LogP contribution is 2.30. The van der Waals surface area contributed by atoms with Gasteiger partial charge in [-0.25, -0.2) is 9.97 Å². The van der Waals surface area contributed by atoms with Crippen LogP contribution in [0.1, 0.15) is 23.9 Å². The second-order valence-corrected chi connectivity index (χ2v) is 5.47. The number of aryl methyl sites for hydroxylation is 2. The Labute approximate surface area is 126 Å². The molecule has 0 saturated carbocycles. The lowest BCUT2D eigenvalue weighted by atomic mass is 10.2. The minimum absolute atomic E-state index is 0.498. The van der Waals surface area contributed by atoms with Crippen LogP contribution >= 0.6 is 27.5 Å². The fourth-order valence-electron chi connectivity index (χ4n) is 1.68. The van der Waals surface area contributed by atoms with Gasteiger partial charge in [0.05, 0.1) is 5.69 Å². The Kier molecular flexibility index (Phi) is 4.42. The summed E-state index contributed by atoms with van der Waals surface area (Å²) < 4.78 is 1.03. The third-order valence-corrected chi connectivity index (χ3v) is 4.31. The van der Waals surface area contributed by atoms with E-state index in [1.807, 2.05) is 39.0 Å². The molecule has 2 rings (SSSR count). The molecule has 0 bridgehead atoms. The van der Waals surface area contributed by atoms with Crippen molar-refractivity contribution in [1.29, 1.82) is 0 Å². The highest BCUT2D eigenvalue weighted by molar-refractivity contribution is 9.10. The van der Waals surface area contributed by atoms with E-state index in [-0.39, 0.29) is 0 Å². The van der Waals surface area contributed by atoms with Crippen LogP contribution in [0.5, 0.6) is 0 Å². The number of anilines is 2. The van der Waals surface area contributed by atoms with Gasteiger partial charge in [-0.05, 0) is 41.4 Å². The molecule has 5 heteroatoms. The number of aromatic nitrogens is 2. The van der Waals surface area contributed by atoms with E-state index in [1.165, 1.54) is 5.56 Å². The average molecular weight is 341 g/mol. The Balaban J connectivity index is 2.43. The van der Waals surface area contributed by atoms with E-state index in [0.717, 1.165) is 33.8 Å². The van der Waals surface area contributed by atoms with E-state index in [9.17, 15) is 0 Å². The van der Waals surface area contributed by atoms with E-state index in [4.69, 9.17) is 11.6 Å². The van der Waals surface area contributed by atoms with E-state index >= 15 is 0 Å². The molecule has 2 aromatic rings. The standard InChI is InChI=1S/C14H15BrClN3/c1-4-11-18-13(16)9(3)14(19-11)17-10-7-5-6-8(2)12(10)15/h5-7H,4H2,1-3H3,(H,17,18,19). The van der Waals surface area contributed by atoms with Gasteiger partial charge in [-0.3, -0.25) is 0 Å². The fourth-order valence-corrected chi connectivity index (χ4v) is 2.23. The summed E-state index contributed by atoms with van der Waals surface area (Å²) in [6.45, 7) is 5.97. The first-order valence-corrected chi connectivity index (χ1v) is 7.25. The van der Waals surface area contributed by atoms with Crippen LogP contribution in [0.2, 0.25) is 5.15 Å². The van der Waals surface area contributed by atoms with Crippen LogP contribution in [0.3, 0.4) is 0 Å².